The summed E-state index contributed by atoms with van der Waals surface area (Å²) in [4.78, 5) is 11.0. The second-order valence-electron chi connectivity index (χ2n) is 3.54. The fraction of sp³-hybridized carbons (Fsp3) is 0.364. The summed E-state index contributed by atoms with van der Waals surface area (Å²) in [6.45, 7) is 1.69. The maximum atomic E-state index is 12.7. The number of amides is 1. The number of carbonyl (C=O) groups excluding carboxylic acids is 1. The average molecular weight is 267 g/mol. The monoisotopic (exact) mass is 267 g/mol. The molecule has 2 nitrogen and oxygen atoms in total. The number of nitrogens with one attached hydrogen (secondary N) is 1. The Morgan fingerprint density at radius 3 is 2.22 bits per heavy atom. The van der Waals surface area contributed by atoms with E-state index < -0.39 is 18.0 Å². The van der Waals surface area contributed by atoms with Crippen molar-refractivity contribution in [2.45, 2.75) is 25.4 Å². The summed E-state index contributed by atoms with van der Waals surface area (Å²) in [5, 5.41) is 1.60. The van der Waals surface area contributed by atoms with Crippen LogP contribution in [-0.4, -0.2) is 18.0 Å². The van der Waals surface area contributed by atoms with Gasteiger partial charge in [-0.3, -0.25) is 4.79 Å². The quantitative estimate of drug-likeness (QED) is 0.836. The summed E-state index contributed by atoms with van der Waals surface area (Å²) in [5.74, 6) is -7.79. The Bertz CT molecular complexity index is 441. The van der Waals surface area contributed by atoms with E-state index in [4.69, 9.17) is 0 Å². The topological polar surface area (TPSA) is 29.1 Å². The van der Waals surface area contributed by atoms with Crippen molar-refractivity contribution in [3.05, 3.63) is 29.8 Å². The third kappa shape index (κ3) is 2.77. The van der Waals surface area contributed by atoms with E-state index in [9.17, 15) is 26.7 Å². The molecule has 1 rings (SSSR count). The van der Waals surface area contributed by atoms with Crippen molar-refractivity contribution < 1.29 is 26.7 Å². The van der Waals surface area contributed by atoms with Crippen LogP contribution in [-0.2, 0) is 11.2 Å². The lowest BCUT2D eigenvalue weighted by atomic mass is 10.1. The maximum Gasteiger partial charge on any atom is 0.463 e. The number of hydrogen-bond donors (Lipinski definition) is 1. The molecular weight excluding hydrogens is 257 g/mol. The first-order valence-corrected chi connectivity index (χ1v) is 5.04. The van der Waals surface area contributed by atoms with Crippen molar-refractivity contribution in [1.82, 2.24) is 0 Å². The number of halogens is 5. The van der Waals surface area contributed by atoms with Gasteiger partial charge in [-0.1, -0.05) is 25.1 Å². The van der Waals surface area contributed by atoms with E-state index in [0.29, 0.717) is 12.0 Å². The molecule has 0 aliphatic carbocycles. The predicted molar refractivity (Wildman–Crippen MR) is 55.5 cm³/mol. The molecule has 1 aromatic carbocycles. The van der Waals surface area contributed by atoms with Gasteiger partial charge in [-0.2, -0.15) is 22.0 Å². The Morgan fingerprint density at radius 1 is 1.17 bits per heavy atom. The lowest BCUT2D eigenvalue weighted by Crippen LogP contribution is -2.47. The van der Waals surface area contributed by atoms with E-state index in [1.807, 2.05) is 0 Å². The minimum atomic E-state index is -5.90. The van der Waals surface area contributed by atoms with Gasteiger partial charge in [0.05, 0.1) is 0 Å². The summed E-state index contributed by atoms with van der Waals surface area (Å²) >= 11 is 0. The van der Waals surface area contributed by atoms with Gasteiger partial charge in [0.2, 0.25) is 0 Å². The molecule has 0 heterocycles. The lowest BCUT2D eigenvalue weighted by Gasteiger charge is -2.19. The van der Waals surface area contributed by atoms with Crippen molar-refractivity contribution in [2.24, 2.45) is 0 Å². The molecule has 0 saturated heterocycles. The van der Waals surface area contributed by atoms with Gasteiger partial charge in [-0.25, -0.2) is 0 Å². The molecule has 0 bridgehead atoms. The molecule has 0 saturated carbocycles. The SMILES string of the molecule is CCc1ccccc1NC(=O)C(F)(F)C(F)(F)F. The standard InChI is InChI=1S/C11H10F5NO/c1-2-7-5-3-4-6-8(7)17-9(18)10(12,13)11(14,15)16/h3-6H,2H2,1H3,(H,17,18). The van der Waals surface area contributed by atoms with E-state index in [-0.39, 0.29) is 5.69 Å². The van der Waals surface area contributed by atoms with Gasteiger partial charge in [0, 0.05) is 5.69 Å². The highest BCUT2D eigenvalue weighted by Crippen LogP contribution is 2.36. The van der Waals surface area contributed by atoms with Crippen LogP contribution < -0.4 is 5.32 Å². The zero-order valence-corrected chi connectivity index (χ0v) is 9.31. The first-order chi connectivity index (χ1) is 8.20. The van der Waals surface area contributed by atoms with Gasteiger partial charge >= 0.3 is 18.0 Å². The number of hydrogen-bond acceptors (Lipinski definition) is 1. The van der Waals surface area contributed by atoms with Crippen molar-refractivity contribution in [3.63, 3.8) is 0 Å². The Balaban J connectivity index is 2.95. The number of aryl methyl sites for hydroxylation is 1. The number of anilines is 1. The van der Waals surface area contributed by atoms with Gasteiger partial charge in [-0.05, 0) is 18.1 Å². The number of carbonyl (C=O) groups is 1. The van der Waals surface area contributed by atoms with Gasteiger partial charge in [-0.15, -0.1) is 0 Å². The normalized spacial score (nSPS) is 12.3. The highest BCUT2D eigenvalue weighted by Gasteiger charge is 2.63. The number of benzene rings is 1. The molecule has 0 aliphatic rings. The highest BCUT2D eigenvalue weighted by molar-refractivity contribution is 5.97. The summed E-state index contributed by atoms with van der Waals surface area (Å²) in [6, 6.07) is 5.82. The third-order valence-electron chi connectivity index (χ3n) is 2.29. The van der Waals surface area contributed by atoms with E-state index >= 15 is 0 Å². The van der Waals surface area contributed by atoms with Crippen LogP contribution in [0.1, 0.15) is 12.5 Å². The van der Waals surface area contributed by atoms with Crippen LogP contribution in [0.4, 0.5) is 27.6 Å². The van der Waals surface area contributed by atoms with Crippen molar-refractivity contribution in [1.29, 1.82) is 0 Å². The predicted octanol–water partition coefficient (Wildman–Crippen LogP) is 3.39. The highest BCUT2D eigenvalue weighted by atomic mass is 19.4. The summed E-state index contributed by atoms with van der Waals surface area (Å²) in [5.41, 5.74) is 0.428. The molecule has 0 unspecified atom stereocenters. The Labute approximate surface area is 99.8 Å². The van der Waals surface area contributed by atoms with Gasteiger partial charge < -0.3 is 5.32 Å². The van der Waals surface area contributed by atoms with Crippen molar-refractivity contribution in [2.75, 3.05) is 5.32 Å². The first kappa shape index (κ1) is 14.4. The molecule has 0 aliphatic heterocycles. The number of para-hydroxylation sites is 1. The van der Waals surface area contributed by atoms with Crippen LogP contribution >= 0.6 is 0 Å². The van der Waals surface area contributed by atoms with Crippen LogP contribution in [0.3, 0.4) is 0 Å². The molecule has 0 radical (unpaired) electrons. The first-order valence-electron chi connectivity index (χ1n) is 5.04. The Kier molecular flexibility index (Phi) is 3.93. The van der Waals surface area contributed by atoms with Crippen LogP contribution in [0.15, 0.2) is 24.3 Å². The summed E-state index contributed by atoms with van der Waals surface area (Å²) in [7, 11) is 0. The Hall–Kier alpha value is -1.66. The van der Waals surface area contributed by atoms with Crippen molar-refractivity contribution >= 4 is 11.6 Å². The largest absolute Gasteiger partial charge is 0.463 e. The molecule has 0 fully saturated rings. The molecule has 1 amide bonds. The van der Waals surface area contributed by atoms with E-state index in [0.717, 1.165) is 0 Å². The van der Waals surface area contributed by atoms with Crippen LogP contribution in [0, 0.1) is 0 Å². The maximum absolute atomic E-state index is 12.7. The fourth-order valence-corrected chi connectivity index (χ4v) is 1.28. The molecule has 7 heteroatoms. The number of alkyl halides is 5. The van der Waals surface area contributed by atoms with Gasteiger partial charge in [0.25, 0.3) is 0 Å². The third-order valence-corrected chi connectivity index (χ3v) is 2.29. The smallest absolute Gasteiger partial charge is 0.320 e. The fourth-order valence-electron chi connectivity index (χ4n) is 1.28. The molecule has 0 aromatic heterocycles. The second kappa shape index (κ2) is 4.91. The van der Waals surface area contributed by atoms with E-state index in [1.54, 1.807) is 18.3 Å². The van der Waals surface area contributed by atoms with E-state index in [2.05, 4.69) is 0 Å². The second-order valence-corrected chi connectivity index (χ2v) is 3.54. The van der Waals surface area contributed by atoms with Crippen molar-refractivity contribution in [3.8, 4) is 0 Å². The molecular formula is C11H10F5NO. The van der Waals surface area contributed by atoms with Gasteiger partial charge in [0.1, 0.15) is 0 Å². The Morgan fingerprint density at radius 2 is 1.72 bits per heavy atom. The molecule has 1 N–H and O–H groups in total. The average Bonchev–Trinajstić information content (AvgIpc) is 2.28. The molecule has 1 aromatic rings. The summed E-state index contributed by atoms with van der Waals surface area (Å²) < 4.78 is 61.3. The zero-order chi connectivity index (χ0) is 14.0. The molecule has 100 valence electrons. The minimum absolute atomic E-state index is 0.0473. The molecule has 0 atom stereocenters. The van der Waals surface area contributed by atoms with Gasteiger partial charge in [0.15, 0.2) is 0 Å². The van der Waals surface area contributed by atoms with Crippen LogP contribution in [0.2, 0.25) is 0 Å². The zero-order valence-electron chi connectivity index (χ0n) is 9.31. The number of rotatable bonds is 3. The molecule has 18 heavy (non-hydrogen) atoms. The molecule has 0 spiro atoms. The van der Waals surface area contributed by atoms with E-state index in [1.165, 1.54) is 18.2 Å². The summed E-state index contributed by atoms with van der Waals surface area (Å²) in [6.07, 6.45) is -5.51. The lowest BCUT2D eigenvalue weighted by molar-refractivity contribution is -0.267. The minimum Gasteiger partial charge on any atom is -0.320 e. The van der Waals surface area contributed by atoms with Crippen LogP contribution in [0.25, 0.3) is 0 Å². The van der Waals surface area contributed by atoms with Crippen LogP contribution in [0.5, 0.6) is 0 Å².